The van der Waals surface area contributed by atoms with Gasteiger partial charge in [0.25, 0.3) is 5.91 Å². The zero-order chi connectivity index (χ0) is 20.6. The van der Waals surface area contributed by atoms with E-state index in [0.717, 1.165) is 30.1 Å². The third-order valence-corrected chi connectivity index (χ3v) is 4.91. The number of hydrogen-bond acceptors (Lipinski definition) is 6. The third-order valence-electron chi connectivity index (χ3n) is 4.91. The summed E-state index contributed by atoms with van der Waals surface area (Å²) in [6.45, 7) is 6.48. The maximum Gasteiger partial charge on any atom is 0.251 e. The molecule has 1 atom stereocenters. The van der Waals surface area contributed by atoms with E-state index in [-0.39, 0.29) is 11.9 Å². The van der Waals surface area contributed by atoms with Crippen LogP contribution in [0.1, 0.15) is 35.8 Å². The average molecular weight is 394 g/mol. The summed E-state index contributed by atoms with van der Waals surface area (Å²) in [5.74, 6) is 0.667. The van der Waals surface area contributed by atoms with Gasteiger partial charge >= 0.3 is 0 Å². The molecule has 0 aliphatic carbocycles. The number of nitrogens with zero attached hydrogens (tertiary/aromatic N) is 5. The molecule has 0 aliphatic rings. The Morgan fingerprint density at radius 3 is 2.66 bits per heavy atom. The predicted molar refractivity (Wildman–Crippen MR) is 110 cm³/mol. The molecular formula is C21H26N6O2. The number of likely N-dealkylation sites (N-methyl/N-ethyl adjacent to an activating group) is 1. The molecule has 0 aliphatic heterocycles. The summed E-state index contributed by atoms with van der Waals surface area (Å²) in [6.07, 6.45) is 1.50. The van der Waals surface area contributed by atoms with Crippen LogP contribution < -0.4 is 10.1 Å². The fourth-order valence-corrected chi connectivity index (χ4v) is 3.33. The minimum absolute atomic E-state index is 0.0479. The molecule has 8 heteroatoms. The van der Waals surface area contributed by atoms with Crippen LogP contribution in [0.25, 0.3) is 5.69 Å². The highest BCUT2D eigenvalue weighted by Crippen LogP contribution is 2.24. The quantitative estimate of drug-likeness (QED) is 0.600. The molecule has 0 saturated carbocycles. The summed E-state index contributed by atoms with van der Waals surface area (Å²) in [7, 11) is 1.66. The van der Waals surface area contributed by atoms with Crippen LogP contribution in [0.3, 0.4) is 0 Å². The van der Waals surface area contributed by atoms with Gasteiger partial charge in [0.2, 0.25) is 0 Å². The number of methoxy groups -OCH3 is 1. The Balaban J connectivity index is 1.76. The Bertz CT molecular complexity index is 924. The molecule has 152 valence electrons. The Morgan fingerprint density at radius 1 is 1.17 bits per heavy atom. The molecule has 1 unspecified atom stereocenters. The van der Waals surface area contributed by atoms with Crippen LogP contribution >= 0.6 is 0 Å². The summed E-state index contributed by atoms with van der Waals surface area (Å²) in [6, 6.07) is 15.2. The predicted octanol–water partition coefficient (Wildman–Crippen LogP) is 2.48. The molecule has 2 aromatic carbocycles. The Hall–Kier alpha value is -3.26. The van der Waals surface area contributed by atoms with E-state index in [2.05, 4.69) is 45.7 Å². The highest BCUT2D eigenvalue weighted by atomic mass is 16.5. The molecule has 3 aromatic rings. The first-order chi connectivity index (χ1) is 14.2. The molecule has 1 heterocycles. The van der Waals surface area contributed by atoms with E-state index < -0.39 is 0 Å². The highest BCUT2D eigenvalue weighted by molar-refractivity contribution is 5.94. The fourth-order valence-electron chi connectivity index (χ4n) is 3.33. The van der Waals surface area contributed by atoms with Crippen molar-refractivity contribution in [3.63, 3.8) is 0 Å². The maximum absolute atomic E-state index is 12.8. The van der Waals surface area contributed by atoms with Gasteiger partial charge in [-0.1, -0.05) is 32.0 Å². The first-order valence-corrected chi connectivity index (χ1v) is 9.65. The number of hydrogen-bond donors (Lipinski definition) is 1. The lowest BCUT2D eigenvalue weighted by Crippen LogP contribution is -2.38. The zero-order valence-corrected chi connectivity index (χ0v) is 16.9. The lowest BCUT2D eigenvalue weighted by molar-refractivity contribution is 0.0935. The summed E-state index contributed by atoms with van der Waals surface area (Å²) < 4.78 is 6.89. The minimum atomic E-state index is -0.139. The molecule has 8 nitrogen and oxygen atoms in total. The van der Waals surface area contributed by atoms with E-state index in [1.54, 1.807) is 19.2 Å². The normalized spacial score (nSPS) is 12.0. The molecule has 0 fully saturated rings. The minimum Gasteiger partial charge on any atom is -0.497 e. The van der Waals surface area contributed by atoms with Crippen LogP contribution in [-0.4, -0.2) is 57.8 Å². The summed E-state index contributed by atoms with van der Waals surface area (Å²) in [5, 5.41) is 14.2. The molecule has 1 aromatic heterocycles. The summed E-state index contributed by atoms with van der Waals surface area (Å²) >= 11 is 0. The van der Waals surface area contributed by atoms with Gasteiger partial charge in [0.1, 0.15) is 12.1 Å². The maximum atomic E-state index is 12.8. The van der Waals surface area contributed by atoms with Crippen molar-refractivity contribution in [3.05, 3.63) is 66.0 Å². The van der Waals surface area contributed by atoms with Gasteiger partial charge in [-0.25, -0.2) is 4.68 Å². The standard InChI is InChI=1S/C21H26N6O2/c1-4-26(5-2)20(16-8-7-11-19(13-16)29-3)14-22-21(28)17-9-6-10-18(12-17)27-15-23-24-25-27/h6-13,15,20H,4-5,14H2,1-3H3,(H,22,28). The van der Waals surface area contributed by atoms with Crippen molar-refractivity contribution in [2.24, 2.45) is 0 Å². The SMILES string of the molecule is CCN(CC)C(CNC(=O)c1cccc(-n2cnnn2)c1)c1cccc(OC)c1. The second-order valence-corrected chi connectivity index (χ2v) is 6.53. The number of aromatic nitrogens is 4. The van der Waals surface area contributed by atoms with Crippen molar-refractivity contribution in [2.45, 2.75) is 19.9 Å². The Labute approximate surface area is 170 Å². The third kappa shape index (κ3) is 4.97. The van der Waals surface area contributed by atoms with Crippen molar-refractivity contribution >= 4 is 5.91 Å². The van der Waals surface area contributed by atoms with Crippen LogP contribution in [0.5, 0.6) is 5.75 Å². The zero-order valence-electron chi connectivity index (χ0n) is 16.9. The van der Waals surface area contributed by atoms with Crippen molar-refractivity contribution in [2.75, 3.05) is 26.7 Å². The van der Waals surface area contributed by atoms with Crippen molar-refractivity contribution in [1.82, 2.24) is 30.4 Å². The number of amides is 1. The van der Waals surface area contributed by atoms with E-state index >= 15 is 0 Å². The van der Waals surface area contributed by atoms with Crippen molar-refractivity contribution < 1.29 is 9.53 Å². The number of tetrazole rings is 1. The first kappa shape index (κ1) is 20.5. The lowest BCUT2D eigenvalue weighted by Gasteiger charge is -2.30. The molecule has 1 N–H and O–H groups in total. The molecule has 1 amide bonds. The van der Waals surface area contributed by atoms with Gasteiger partial charge in [-0.05, 0) is 59.4 Å². The Morgan fingerprint density at radius 2 is 1.97 bits per heavy atom. The Kier molecular flexibility index (Phi) is 6.91. The van der Waals surface area contributed by atoms with Gasteiger partial charge in [0.15, 0.2) is 0 Å². The second kappa shape index (κ2) is 9.79. The van der Waals surface area contributed by atoms with Gasteiger partial charge in [0.05, 0.1) is 18.8 Å². The smallest absolute Gasteiger partial charge is 0.251 e. The molecule has 29 heavy (non-hydrogen) atoms. The van der Waals surface area contributed by atoms with E-state index in [0.29, 0.717) is 12.1 Å². The second-order valence-electron chi connectivity index (χ2n) is 6.53. The van der Waals surface area contributed by atoms with Crippen LogP contribution in [0, 0.1) is 0 Å². The monoisotopic (exact) mass is 394 g/mol. The average Bonchev–Trinajstić information content (AvgIpc) is 3.31. The number of nitrogens with one attached hydrogen (secondary N) is 1. The van der Waals surface area contributed by atoms with Crippen LogP contribution in [0.4, 0.5) is 0 Å². The van der Waals surface area contributed by atoms with E-state index in [1.807, 2.05) is 30.3 Å². The van der Waals surface area contributed by atoms with E-state index in [4.69, 9.17) is 4.74 Å². The summed E-state index contributed by atoms with van der Waals surface area (Å²) in [5.41, 5.74) is 2.40. The molecule has 0 bridgehead atoms. The van der Waals surface area contributed by atoms with Gasteiger partial charge in [-0.15, -0.1) is 5.10 Å². The number of carbonyl (C=O) groups excluding carboxylic acids is 1. The van der Waals surface area contributed by atoms with Crippen molar-refractivity contribution in [3.8, 4) is 11.4 Å². The molecule has 3 rings (SSSR count). The largest absolute Gasteiger partial charge is 0.497 e. The molecule has 0 radical (unpaired) electrons. The lowest BCUT2D eigenvalue weighted by atomic mass is 10.0. The van der Waals surface area contributed by atoms with Crippen molar-refractivity contribution in [1.29, 1.82) is 0 Å². The van der Waals surface area contributed by atoms with Gasteiger partial charge < -0.3 is 10.1 Å². The molecular weight excluding hydrogens is 368 g/mol. The van der Waals surface area contributed by atoms with Gasteiger partial charge in [-0.2, -0.15) is 0 Å². The molecule has 0 saturated heterocycles. The van der Waals surface area contributed by atoms with Gasteiger partial charge in [0, 0.05) is 12.1 Å². The first-order valence-electron chi connectivity index (χ1n) is 9.65. The topological polar surface area (TPSA) is 85.2 Å². The van der Waals surface area contributed by atoms with E-state index in [1.165, 1.54) is 11.0 Å². The summed E-state index contributed by atoms with van der Waals surface area (Å²) in [4.78, 5) is 15.1. The van der Waals surface area contributed by atoms with E-state index in [9.17, 15) is 4.79 Å². The molecule has 0 spiro atoms. The number of benzene rings is 2. The fraction of sp³-hybridized carbons (Fsp3) is 0.333. The van der Waals surface area contributed by atoms with Gasteiger partial charge in [-0.3, -0.25) is 9.69 Å². The number of carbonyl (C=O) groups is 1. The number of rotatable bonds is 9. The van der Waals surface area contributed by atoms with Crippen LogP contribution in [0.2, 0.25) is 0 Å². The number of ether oxygens (including phenoxy) is 1. The van der Waals surface area contributed by atoms with Crippen LogP contribution in [-0.2, 0) is 0 Å². The van der Waals surface area contributed by atoms with Crippen LogP contribution in [0.15, 0.2) is 54.9 Å². The highest BCUT2D eigenvalue weighted by Gasteiger charge is 2.20.